The van der Waals surface area contributed by atoms with Crippen LogP contribution in [0.3, 0.4) is 0 Å². The molecule has 0 aliphatic heterocycles. The van der Waals surface area contributed by atoms with Crippen LogP contribution in [0.2, 0.25) is 0 Å². The van der Waals surface area contributed by atoms with Gasteiger partial charge in [0, 0.05) is 6.54 Å². The highest BCUT2D eigenvalue weighted by molar-refractivity contribution is 7.13. The van der Waals surface area contributed by atoms with E-state index < -0.39 is 12.6 Å². The summed E-state index contributed by atoms with van der Waals surface area (Å²) < 4.78 is 12.4. The summed E-state index contributed by atoms with van der Waals surface area (Å²) in [6, 6.07) is 13.4. The van der Waals surface area contributed by atoms with E-state index in [2.05, 4.69) is 20.5 Å². The van der Waals surface area contributed by atoms with Gasteiger partial charge in [-0.3, -0.25) is 4.79 Å². The zero-order valence-corrected chi connectivity index (χ0v) is 18.8. The van der Waals surface area contributed by atoms with Gasteiger partial charge in [-0.2, -0.15) is 0 Å². The fraction of sp³-hybridized carbons (Fsp3) is 0.273. The van der Waals surface area contributed by atoms with E-state index in [1.807, 2.05) is 54.8 Å². The Balaban J connectivity index is 1.32. The molecule has 0 saturated carbocycles. The first-order valence-corrected chi connectivity index (χ1v) is 11.3. The molecule has 0 N–H and O–H groups in total. The summed E-state index contributed by atoms with van der Waals surface area (Å²) in [6.45, 7) is 2.59. The van der Waals surface area contributed by atoms with Gasteiger partial charge in [-0.05, 0) is 23.4 Å². The molecule has 33 heavy (non-hydrogen) atoms. The number of aromatic nitrogens is 5. The molecule has 3 aromatic heterocycles. The van der Waals surface area contributed by atoms with Crippen LogP contribution >= 0.6 is 11.3 Å². The van der Waals surface area contributed by atoms with Crippen molar-refractivity contribution in [1.82, 2.24) is 30.1 Å². The topological polar surface area (TPSA) is 116 Å². The second-order valence-corrected chi connectivity index (χ2v) is 8.10. The van der Waals surface area contributed by atoms with E-state index in [4.69, 9.17) is 9.15 Å². The number of carbonyl (C=O) groups excluding carboxylic acids is 2. The lowest BCUT2D eigenvalue weighted by atomic mass is 10.2. The highest BCUT2D eigenvalue weighted by Gasteiger charge is 2.20. The second kappa shape index (κ2) is 10.6. The molecule has 0 aliphatic carbocycles. The SMILES string of the molecule is CCCN(Cc1nnc(-c2cccs2)o1)C(=O)COC(=O)c1cn(Cc2ccccc2)nn1. The molecule has 4 rings (SSSR count). The number of benzene rings is 1. The van der Waals surface area contributed by atoms with Crippen molar-refractivity contribution in [2.45, 2.75) is 26.4 Å². The Labute approximate surface area is 193 Å². The minimum atomic E-state index is -0.711. The number of ether oxygens (including phenoxy) is 1. The van der Waals surface area contributed by atoms with Gasteiger partial charge in [0.2, 0.25) is 5.89 Å². The molecule has 0 fully saturated rings. The van der Waals surface area contributed by atoms with E-state index in [1.54, 1.807) is 0 Å². The maximum absolute atomic E-state index is 12.7. The first-order valence-electron chi connectivity index (χ1n) is 10.4. The Hall–Kier alpha value is -3.86. The van der Waals surface area contributed by atoms with Gasteiger partial charge in [0.25, 0.3) is 11.8 Å². The van der Waals surface area contributed by atoms with Gasteiger partial charge in [-0.15, -0.1) is 26.6 Å². The van der Waals surface area contributed by atoms with E-state index in [-0.39, 0.29) is 18.1 Å². The molecule has 0 bridgehead atoms. The third-order valence-corrected chi connectivity index (χ3v) is 5.49. The predicted molar refractivity (Wildman–Crippen MR) is 119 cm³/mol. The van der Waals surface area contributed by atoms with Gasteiger partial charge in [-0.25, -0.2) is 9.48 Å². The lowest BCUT2D eigenvalue weighted by molar-refractivity contribution is -0.135. The first-order chi connectivity index (χ1) is 16.1. The Kier molecular flexibility index (Phi) is 7.20. The van der Waals surface area contributed by atoms with E-state index in [0.29, 0.717) is 24.9 Å². The summed E-state index contributed by atoms with van der Waals surface area (Å²) >= 11 is 1.49. The van der Waals surface area contributed by atoms with Crippen molar-refractivity contribution in [2.24, 2.45) is 0 Å². The standard InChI is InChI=1S/C22H22N6O4S/c1-2-10-27(14-19-24-25-21(32-19)18-9-6-11-33-18)20(29)15-31-22(30)17-13-28(26-23-17)12-16-7-4-3-5-8-16/h3-9,11,13H,2,10,12,14-15H2,1H3. The van der Waals surface area contributed by atoms with Crippen LogP contribution < -0.4 is 0 Å². The molecule has 3 heterocycles. The van der Waals surface area contributed by atoms with E-state index >= 15 is 0 Å². The van der Waals surface area contributed by atoms with Crippen molar-refractivity contribution in [1.29, 1.82) is 0 Å². The summed E-state index contributed by atoms with van der Waals surface area (Å²) in [6.07, 6.45) is 2.22. The van der Waals surface area contributed by atoms with Crippen molar-refractivity contribution >= 4 is 23.2 Å². The highest BCUT2D eigenvalue weighted by Crippen LogP contribution is 2.23. The van der Waals surface area contributed by atoms with Crippen LogP contribution in [0.1, 0.15) is 35.3 Å². The van der Waals surface area contributed by atoms with Gasteiger partial charge in [-0.1, -0.05) is 48.5 Å². The van der Waals surface area contributed by atoms with Crippen molar-refractivity contribution in [3.63, 3.8) is 0 Å². The smallest absolute Gasteiger partial charge is 0.361 e. The average Bonchev–Trinajstić information content (AvgIpc) is 3.59. The average molecular weight is 467 g/mol. The number of nitrogens with zero attached hydrogens (tertiary/aromatic N) is 6. The second-order valence-electron chi connectivity index (χ2n) is 7.16. The summed E-state index contributed by atoms with van der Waals surface area (Å²) in [5, 5.41) is 17.8. The number of esters is 1. The minimum Gasteiger partial charge on any atom is -0.451 e. The lowest BCUT2D eigenvalue weighted by Crippen LogP contribution is -2.35. The van der Waals surface area contributed by atoms with Crippen LogP contribution in [0.4, 0.5) is 0 Å². The van der Waals surface area contributed by atoms with Gasteiger partial charge in [0.1, 0.15) is 0 Å². The first kappa shape index (κ1) is 22.3. The summed E-state index contributed by atoms with van der Waals surface area (Å²) in [4.78, 5) is 27.4. The minimum absolute atomic E-state index is 0.0401. The molecule has 170 valence electrons. The van der Waals surface area contributed by atoms with Gasteiger partial charge in [0.15, 0.2) is 12.3 Å². The molecule has 0 spiro atoms. The maximum Gasteiger partial charge on any atom is 0.361 e. The Morgan fingerprint density at radius 2 is 1.97 bits per heavy atom. The number of rotatable bonds is 10. The molecule has 0 atom stereocenters. The Morgan fingerprint density at radius 1 is 1.12 bits per heavy atom. The van der Waals surface area contributed by atoms with Crippen LogP contribution in [-0.2, 0) is 22.6 Å². The molecule has 10 nitrogen and oxygen atoms in total. The molecule has 4 aromatic rings. The number of carbonyl (C=O) groups is 2. The van der Waals surface area contributed by atoms with Crippen molar-refractivity contribution in [3.8, 4) is 10.8 Å². The summed E-state index contributed by atoms with van der Waals surface area (Å²) in [7, 11) is 0. The fourth-order valence-corrected chi connectivity index (χ4v) is 3.72. The molecule has 0 unspecified atom stereocenters. The van der Waals surface area contributed by atoms with Crippen molar-refractivity contribution in [2.75, 3.05) is 13.2 Å². The van der Waals surface area contributed by atoms with Gasteiger partial charge >= 0.3 is 5.97 Å². The molecule has 0 aliphatic rings. The maximum atomic E-state index is 12.7. The van der Waals surface area contributed by atoms with Crippen LogP contribution in [0.15, 0.2) is 58.5 Å². The van der Waals surface area contributed by atoms with E-state index in [1.165, 1.54) is 27.1 Å². The van der Waals surface area contributed by atoms with Gasteiger partial charge in [0.05, 0.1) is 24.2 Å². The molecular formula is C22H22N6O4S. The van der Waals surface area contributed by atoms with E-state index in [0.717, 1.165) is 16.9 Å². The molecule has 0 saturated heterocycles. The zero-order chi connectivity index (χ0) is 23.0. The molecule has 1 amide bonds. The van der Waals surface area contributed by atoms with Crippen LogP contribution in [0.5, 0.6) is 0 Å². The number of hydrogen-bond donors (Lipinski definition) is 0. The molecule has 11 heteroatoms. The largest absolute Gasteiger partial charge is 0.451 e. The Morgan fingerprint density at radius 3 is 2.73 bits per heavy atom. The molecular weight excluding hydrogens is 444 g/mol. The number of thiophene rings is 1. The Bertz CT molecular complexity index is 1190. The lowest BCUT2D eigenvalue weighted by Gasteiger charge is -2.19. The summed E-state index contributed by atoms with van der Waals surface area (Å²) in [5.41, 5.74) is 1.06. The third kappa shape index (κ3) is 5.89. The number of hydrogen-bond acceptors (Lipinski definition) is 9. The van der Waals surface area contributed by atoms with Crippen LogP contribution in [-0.4, -0.2) is 55.1 Å². The van der Waals surface area contributed by atoms with E-state index in [9.17, 15) is 9.59 Å². The predicted octanol–water partition coefficient (Wildman–Crippen LogP) is 3.03. The molecule has 0 radical (unpaired) electrons. The van der Waals surface area contributed by atoms with Crippen molar-refractivity contribution in [3.05, 3.63) is 71.2 Å². The third-order valence-electron chi connectivity index (χ3n) is 4.63. The van der Waals surface area contributed by atoms with Crippen LogP contribution in [0.25, 0.3) is 10.8 Å². The normalized spacial score (nSPS) is 10.8. The van der Waals surface area contributed by atoms with Crippen molar-refractivity contribution < 1.29 is 18.7 Å². The van der Waals surface area contributed by atoms with Gasteiger partial charge < -0.3 is 14.1 Å². The summed E-state index contributed by atoms with van der Waals surface area (Å²) in [5.74, 6) is -0.348. The quantitative estimate of drug-likeness (QED) is 0.328. The number of amides is 1. The monoisotopic (exact) mass is 466 g/mol. The molecule has 1 aromatic carbocycles. The fourth-order valence-electron chi connectivity index (χ4n) is 3.07. The zero-order valence-electron chi connectivity index (χ0n) is 18.0. The highest BCUT2D eigenvalue weighted by atomic mass is 32.1. The van der Waals surface area contributed by atoms with Crippen LogP contribution in [0, 0.1) is 0 Å².